The van der Waals surface area contributed by atoms with Gasteiger partial charge in [-0.1, -0.05) is 110 Å². The maximum absolute atomic E-state index is 4.24. The molecule has 0 bridgehead atoms. The SMILES string of the molecule is C=C(C=CC(=CCC)C1=CCC(C(C)CCCCC2CCC2CCC)CC1)CC(C)C. The van der Waals surface area contributed by atoms with Gasteiger partial charge in [0.25, 0.3) is 0 Å². The number of hydrogen-bond acceptors (Lipinski definition) is 0. The fourth-order valence-corrected chi connectivity index (χ4v) is 5.84. The average molecular weight is 425 g/mol. The van der Waals surface area contributed by atoms with Crippen LogP contribution < -0.4 is 0 Å². The Morgan fingerprint density at radius 2 is 1.77 bits per heavy atom. The van der Waals surface area contributed by atoms with Crippen LogP contribution in [0, 0.1) is 29.6 Å². The van der Waals surface area contributed by atoms with Crippen molar-refractivity contribution < 1.29 is 0 Å². The van der Waals surface area contributed by atoms with E-state index in [-0.39, 0.29) is 0 Å². The van der Waals surface area contributed by atoms with Gasteiger partial charge in [0, 0.05) is 0 Å². The molecule has 0 N–H and O–H groups in total. The van der Waals surface area contributed by atoms with Gasteiger partial charge in [0.1, 0.15) is 0 Å². The molecule has 1 fully saturated rings. The zero-order valence-corrected chi connectivity index (χ0v) is 21.6. The third-order valence-electron chi connectivity index (χ3n) is 7.94. The second kappa shape index (κ2) is 14.2. The summed E-state index contributed by atoms with van der Waals surface area (Å²) >= 11 is 0. The first-order valence-corrected chi connectivity index (χ1v) is 13.7. The Hall–Kier alpha value is -1.04. The third-order valence-corrected chi connectivity index (χ3v) is 7.94. The Labute approximate surface area is 195 Å². The van der Waals surface area contributed by atoms with Crippen molar-refractivity contribution in [3.63, 3.8) is 0 Å². The highest BCUT2D eigenvalue weighted by Gasteiger charge is 2.29. The quantitative estimate of drug-likeness (QED) is 0.192. The molecule has 0 heterocycles. The molecule has 2 aliphatic carbocycles. The monoisotopic (exact) mass is 424 g/mol. The van der Waals surface area contributed by atoms with Gasteiger partial charge >= 0.3 is 0 Å². The van der Waals surface area contributed by atoms with Gasteiger partial charge in [-0.3, -0.25) is 0 Å². The molecule has 4 atom stereocenters. The zero-order valence-electron chi connectivity index (χ0n) is 21.6. The maximum Gasteiger partial charge on any atom is -0.0262 e. The van der Waals surface area contributed by atoms with Gasteiger partial charge in [0.05, 0.1) is 0 Å². The molecule has 0 radical (unpaired) electrons. The molecular formula is C31H52. The van der Waals surface area contributed by atoms with E-state index in [4.69, 9.17) is 0 Å². The summed E-state index contributed by atoms with van der Waals surface area (Å²) in [7, 11) is 0. The summed E-state index contributed by atoms with van der Waals surface area (Å²) in [5.41, 5.74) is 4.27. The van der Waals surface area contributed by atoms with E-state index in [0.29, 0.717) is 5.92 Å². The average Bonchev–Trinajstić information content (AvgIpc) is 2.73. The number of hydrogen-bond donors (Lipinski definition) is 0. The molecule has 0 aromatic heterocycles. The standard InChI is InChI=1S/C31H52/c1-7-11-28(16-15-25(5)23-24(3)4)31-19-17-27(18-20-31)26(6)13-9-10-14-30-22-21-29(30)12-8-2/h11,15-16,19,24,26-27,29-30H,5,7-10,12-14,17-18,20-23H2,1-4,6H3. The van der Waals surface area contributed by atoms with E-state index >= 15 is 0 Å². The lowest BCUT2D eigenvalue weighted by Gasteiger charge is -2.37. The highest BCUT2D eigenvalue weighted by atomic mass is 14.3. The van der Waals surface area contributed by atoms with Gasteiger partial charge in [-0.2, -0.15) is 0 Å². The molecule has 0 aliphatic heterocycles. The van der Waals surface area contributed by atoms with Gasteiger partial charge in [-0.25, -0.2) is 0 Å². The highest BCUT2D eigenvalue weighted by molar-refractivity contribution is 5.42. The molecule has 2 aliphatic rings. The van der Waals surface area contributed by atoms with Crippen LogP contribution in [0.3, 0.4) is 0 Å². The van der Waals surface area contributed by atoms with Crippen LogP contribution in [-0.4, -0.2) is 0 Å². The molecule has 0 aromatic carbocycles. The fourth-order valence-electron chi connectivity index (χ4n) is 5.84. The predicted octanol–water partition coefficient (Wildman–Crippen LogP) is 10.2. The van der Waals surface area contributed by atoms with Crippen LogP contribution in [-0.2, 0) is 0 Å². The minimum absolute atomic E-state index is 0.679. The van der Waals surface area contributed by atoms with E-state index in [1.165, 1.54) is 81.8 Å². The zero-order chi connectivity index (χ0) is 22.6. The molecule has 0 saturated heterocycles. The van der Waals surface area contributed by atoms with Crippen molar-refractivity contribution in [2.45, 2.75) is 118 Å². The predicted molar refractivity (Wildman–Crippen MR) is 140 cm³/mol. The second-order valence-corrected chi connectivity index (χ2v) is 11.1. The van der Waals surface area contributed by atoms with Crippen molar-refractivity contribution in [1.82, 2.24) is 0 Å². The van der Waals surface area contributed by atoms with Crippen molar-refractivity contribution in [3.8, 4) is 0 Å². The normalized spacial score (nSPS) is 25.5. The molecule has 0 heteroatoms. The van der Waals surface area contributed by atoms with E-state index in [9.17, 15) is 0 Å². The highest BCUT2D eigenvalue weighted by Crippen LogP contribution is 2.41. The lowest BCUT2D eigenvalue weighted by atomic mass is 9.69. The van der Waals surface area contributed by atoms with E-state index < -0.39 is 0 Å². The van der Waals surface area contributed by atoms with Crippen LogP contribution in [0.2, 0.25) is 0 Å². The van der Waals surface area contributed by atoms with Gasteiger partial charge in [0.15, 0.2) is 0 Å². The van der Waals surface area contributed by atoms with Crippen molar-refractivity contribution >= 4 is 0 Å². The number of unbranched alkanes of at least 4 members (excludes halogenated alkanes) is 1. The van der Waals surface area contributed by atoms with Crippen molar-refractivity contribution in [2.24, 2.45) is 29.6 Å². The summed E-state index contributed by atoms with van der Waals surface area (Å²) in [6, 6.07) is 0. The summed E-state index contributed by atoms with van der Waals surface area (Å²) in [6.07, 6.45) is 27.4. The van der Waals surface area contributed by atoms with E-state index in [1.54, 1.807) is 5.57 Å². The molecule has 0 nitrogen and oxygen atoms in total. The van der Waals surface area contributed by atoms with Crippen LogP contribution in [0.15, 0.2) is 47.6 Å². The second-order valence-electron chi connectivity index (χ2n) is 11.1. The van der Waals surface area contributed by atoms with Crippen LogP contribution in [0.1, 0.15) is 118 Å². The molecular weight excluding hydrogens is 372 g/mol. The Balaban J connectivity index is 1.75. The van der Waals surface area contributed by atoms with Crippen LogP contribution in [0.4, 0.5) is 0 Å². The topological polar surface area (TPSA) is 0 Å². The van der Waals surface area contributed by atoms with Crippen molar-refractivity contribution in [3.05, 3.63) is 47.6 Å². The maximum atomic E-state index is 4.24. The first-order chi connectivity index (χ1) is 14.9. The largest absolute Gasteiger partial charge is 0.0958 e. The van der Waals surface area contributed by atoms with Gasteiger partial charge in [-0.15, -0.1) is 0 Å². The van der Waals surface area contributed by atoms with Crippen LogP contribution >= 0.6 is 0 Å². The van der Waals surface area contributed by atoms with E-state index in [2.05, 4.69) is 65.5 Å². The summed E-state index contributed by atoms with van der Waals surface area (Å²) in [5.74, 6) is 4.60. The van der Waals surface area contributed by atoms with E-state index in [1.807, 2.05) is 0 Å². The molecule has 176 valence electrons. The fraction of sp³-hybridized carbons (Fsp3) is 0.742. The number of allylic oxidation sites excluding steroid dienone is 7. The summed E-state index contributed by atoms with van der Waals surface area (Å²) in [6.45, 7) is 15.9. The summed E-state index contributed by atoms with van der Waals surface area (Å²) in [5, 5.41) is 0. The van der Waals surface area contributed by atoms with Crippen LogP contribution in [0.5, 0.6) is 0 Å². The van der Waals surface area contributed by atoms with Crippen molar-refractivity contribution in [2.75, 3.05) is 0 Å². The summed E-state index contributed by atoms with van der Waals surface area (Å²) < 4.78 is 0. The lowest BCUT2D eigenvalue weighted by Crippen LogP contribution is -2.25. The molecule has 31 heavy (non-hydrogen) atoms. The minimum Gasteiger partial charge on any atom is -0.0958 e. The summed E-state index contributed by atoms with van der Waals surface area (Å²) in [4.78, 5) is 0. The lowest BCUT2D eigenvalue weighted by molar-refractivity contribution is 0.146. The Bertz CT molecular complexity index is 614. The molecule has 0 amide bonds. The molecule has 1 saturated carbocycles. The van der Waals surface area contributed by atoms with Crippen molar-refractivity contribution in [1.29, 1.82) is 0 Å². The molecule has 4 unspecified atom stereocenters. The minimum atomic E-state index is 0.679. The third kappa shape index (κ3) is 9.15. The molecule has 0 spiro atoms. The Morgan fingerprint density at radius 1 is 1.03 bits per heavy atom. The Morgan fingerprint density at radius 3 is 2.35 bits per heavy atom. The van der Waals surface area contributed by atoms with Gasteiger partial charge in [0.2, 0.25) is 0 Å². The van der Waals surface area contributed by atoms with Gasteiger partial charge in [-0.05, 0) is 85.7 Å². The Kier molecular flexibility index (Phi) is 12.0. The molecule has 2 rings (SSSR count). The molecule has 0 aromatic rings. The first-order valence-electron chi connectivity index (χ1n) is 13.7. The number of rotatable bonds is 14. The van der Waals surface area contributed by atoms with Crippen LogP contribution in [0.25, 0.3) is 0 Å². The smallest absolute Gasteiger partial charge is 0.0262 e. The van der Waals surface area contributed by atoms with Gasteiger partial charge < -0.3 is 0 Å². The van der Waals surface area contributed by atoms with E-state index in [0.717, 1.165) is 36.5 Å². The first kappa shape index (κ1) is 26.2.